The van der Waals surface area contributed by atoms with Crippen molar-refractivity contribution < 1.29 is 4.79 Å². The van der Waals surface area contributed by atoms with Gasteiger partial charge in [0.15, 0.2) is 0 Å². The largest absolute Gasteiger partial charge is 0.324 e. The maximum atomic E-state index is 12.8. The topological polar surface area (TPSA) is 72.7 Å². The summed E-state index contributed by atoms with van der Waals surface area (Å²) in [6, 6.07) is 15.0. The number of anilines is 1. The first kappa shape index (κ1) is 16.3. The molecule has 0 fully saturated rings. The Bertz CT molecular complexity index is 820. The molecule has 0 saturated carbocycles. The highest BCUT2D eigenvalue weighted by atomic mass is 79.9. The molecule has 24 heavy (non-hydrogen) atoms. The Hall–Kier alpha value is -2.54. The lowest BCUT2D eigenvalue weighted by Gasteiger charge is -2.17. The first-order chi connectivity index (χ1) is 11.6. The number of tetrazole rings is 1. The van der Waals surface area contributed by atoms with E-state index in [9.17, 15) is 4.79 Å². The highest BCUT2D eigenvalue weighted by molar-refractivity contribution is 9.10. The fourth-order valence-corrected chi connectivity index (χ4v) is 2.65. The van der Waals surface area contributed by atoms with E-state index in [0.29, 0.717) is 6.42 Å². The zero-order valence-electron chi connectivity index (χ0n) is 13.1. The van der Waals surface area contributed by atoms with Crippen molar-refractivity contribution in [2.24, 2.45) is 0 Å². The van der Waals surface area contributed by atoms with E-state index in [2.05, 4.69) is 36.8 Å². The summed E-state index contributed by atoms with van der Waals surface area (Å²) in [6.07, 6.45) is 1.97. The molecule has 0 aliphatic heterocycles. The Morgan fingerprint density at radius 2 is 2.04 bits per heavy atom. The number of aromatic nitrogens is 4. The lowest BCUT2D eigenvalue weighted by atomic mass is 10.1. The number of rotatable bonds is 5. The monoisotopic (exact) mass is 385 g/mol. The summed E-state index contributed by atoms with van der Waals surface area (Å²) in [6.45, 7) is 1.97. The van der Waals surface area contributed by atoms with Crippen molar-refractivity contribution in [2.75, 3.05) is 5.32 Å². The molecule has 1 N–H and O–H groups in total. The van der Waals surface area contributed by atoms with E-state index >= 15 is 0 Å². The minimum absolute atomic E-state index is 0.159. The molecule has 0 aliphatic rings. The van der Waals surface area contributed by atoms with Gasteiger partial charge in [0, 0.05) is 16.6 Å². The lowest BCUT2D eigenvalue weighted by molar-refractivity contribution is -0.119. The first-order valence-corrected chi connectivity index (χ1v) is 8.26. The molecular weight excluding hydrogens is 370 g/mol. The number of benzene rings is 2. The number of carbonyl (C=O) groups is 1. The van der Waals surface area contributed by atoms with Gasteiger partial charge in [-0.25, -0.2) is 4.68 Å². The second-order valence-electron chi connectivity index (χ2n) is 5.45. The van der Waals surface area contributed by atoms with Crippen molar-refractivity contribution >= 4 is 27.5 Å². The van der Waals surface area contributed by atoms with Crippen LogP contribution in [-0.2, 0) is 11.2 Å². The molecule has 122 valence electrons. The van der Waals surface area contributed by atoms with Crippen molar-refractivity contribution in [1.82, 2.24) is 20.2 Å². The van der Waals surface area contributed by atoms with Gasteiger partial charge in [-0.05, 0) is 46.7 Å². The van der Waals surface area contributed by atoms with Crippen LogP contribution in [0.1, 0.15) is 17.2 Å². The van der Waals surface area contributed by atoms with E-state index in [1.165, 1.54) is 11.0 Å². The first-order valence-electron chi connectivity index (χ1n) is 7.47. The Kier molecular flexibility index (Phi) is 5.00. The Morgan fingerprint density at radius 3 is 2.71 bits per heavy atom. The van der Waals surface area contributed by atoms with Gasteiger partial charge >= 0.3 is 0 Å². The average Bonchev–Trinajstić information content (AvgIpc) is 3.11. The molecule has 1 unspecified atom stereocenters. The summed E-state index contributed by atoms with van der Waals surface area (Å²) in [5, 5.41) is 14.1. The third kappa shape index (κ3) is 3.86. The van der Waals surface area contributed by atoms with Crippen LogP contribution in [0, 0.1) is 6.92 Å². The summed E-state index contributed by atoms with van der Waals surface area (Å²) in [4.78, 5) is 12.8. The van der Waals surface area contributed by atoms with Crippen LogP contribution < -0.4 is 5.32 Å². The Balaban J connectivity index is 1.82. The maximum Gasteiger partial charge on any atom is 0.249 e. The van der Waals surface area contributed by atoms with Gasteiger partial charge in [0.25, 0.3) is 0 Å². The van der Waals surface area contributed by atoms with Crippen molar-refractivity contribution in [1.29, 1.82) is 0 Å². The van der Waals surface area contributed by atoms with Crippen LogP contribution in [-0.4, -0.2) is 26.1 Å². The molecule has 0 radical (unpaired) electrons. The molecule has 3 rings (SSSR count). The van der Waals surface area contributed by atoms with Gasteiger partial charge in [-0.3, -0.25) is 4.79 Å². The quantitative estimate of drug-likeness (QED) is 0.731. The van der Waals surface area contributed by atoms with E-state index < -0.39 is 6.04 Å². The number of halogens is 1. The van der Waals surface area contributed by atoms with Crippen LogP contribution in [0.4, 0.5) is 5.69 Å². The summed E-state index contributed by atoms with van der Waals surface area (Å²) < 4.78 is 2.48. The molecule has 6 nitrogen and oxygen atoms in total. The fraction of sp³-hybridized carbons (Fsp3) is 0.176. The van der Waals surface area contributed by atoms with Gasteiger partial charge < -0.3 is 5.32 Å². The van der Waals surface area contributed by atoms with Gasteiger partial charge in [0.05, 0.1) is 0 Å². The SMILES string of the molecule is Cc1cc(NC(=O)C(Cc2ccccc2)n2cnnn2)ccc1Br. The minimum atomic E-state index is -0.522. The number of nitrogens with zero attached hydrogens (tertiary/aromatic N) is 4. The van der Waals surface area contributed by atoms with Crippen molar-refractivity contribution in [3.05, 3.63) is 70.5 Å². The van der Waals surface area contributed by atoms with Crippen LogP contribution in [0.15, 0.2) is 59.3 Å². The van der Waals surface area contributed by atoms with E-state index in [1.54, 1.807) is 0 Å². The number of nitrogens with one attached hydrogen (secondary N) is 1. The molecule has 1 aromatic heterocycles. The number of hydrogen-bond acceptors (Lipinski definition) is 4. The smallest absolute Gasteiger partial charge is 0.249 e. The van der Waals surface area contributed by atoms with E-state index in [1.807, 2.05) is 55.5 Å². The molecule has 0 spiro atoms. The third-order valence-electron chi connectivity index (χ3n) is 3.68. The highest BCUT2D eigenvalue weighted by Gasteiger charge is 2.22. The zero-order valence-corrected chi connectivity index (χ0v) is 14.6. The number of aryl methyl sites for hydroxylation is 1. The van der Waals surface area contributed by atoms with Gasteiger partial charge in [-0.1, -0.05) is 46.3 Å². The predicted molar refractivity (Wildman–Crippen MR) is 94.5 cm³/mol. The second kappa shape index (κ2) is 7.35. The summed E-state index contributed by atoms with van der Waals surface area (Å²) in [5.74, 6) is -0.159. The standard InChI is InChI=1S/C17H16BrN5O/c1-12-9-14(7-8-15(12)18)20-17(24)16(23-11-19-21-22-23)10-13-5-3-2-4-6-13/h2-9,11,16H,10H2,1H3,(H,20,24). The van der Waals surface area contributed by atoms with Gasteiger partial charge in [0.2, 0.25) is 5.91 Å². The van der Waals surface area contributed by atoms with Crippen LogP contribution in [0.25, 0.3) is 0 Å². The third-order valence-corrected chi connectivity index (χ3v) is 4.57. The van der Waals surface area contributed by atoms with Gasteiger partial charge in [-0.15, -0.1) is 5.10 Å². The molecule has 2 aromatic carbocycles. The van der Waals surface area contributed by atoms with E-state index in [-0.39, 0.29) is 5.91 Å². The average molecular weight is 386 g/mol. The zero-order chi connectivity index (χ0) is 16.9. The molecule has 1 amide bonds. The maximum absolute atomic E-state index is 12.8. The number of carbonyl (C=O) groups excluding carboxylic acids is 1. The normalized spacial score (nSPS) is 11.9. The van der Waals surface area contributed by atoms with Crippen molar-refractivity contribution in [3.8, 4) is 0 Å². The molecule has 0 saturated heterocycles. The van der Waals surface area contributed by atoms with E-state index in [0.717, 1.165) is 21.3 Å². The molecular formula is C17H16BrN5O. The molecule has 0 bridgehead atoms. The highest BCUT2D eigenvalue weighted by Crippen LogP contribution is 2.21. The molecule has 3 aromatic rings. The lowest BCUT2D eigenvalue weighted by Crippen LogP contribution is -2.28. The minimum Gasteiger partial charge on any atom is -0.324 e. The van der Waals surface area contributed by atoms with Gasteiger partial charge in [-0.2, -0.15) is 0 Å². The van der Waals surface area contributed by atoms with Crippen LogP contribution in [0.5, 0.6) is 0 Å². The summed E-state index contributed by atoms with van der Waals surface area (Å²) in [7, 11) is 0. The molecule has 1 heterocycles. The molecule has 0 aliphatic carbocycles. The van der Waals surface area contributed by atoms with Crippen LogP contribution in [0.2, 0.25) is 0 Å². The Labute approximate surface area is 148 Å². The Morgan fingerprint density at radius 1 is 1.25 bits per heavy atom. The van der Waals surface area contributed by atoms with Crippen molar-refractivity contribution in [3.63, 3.8) is 0 Å². The van der Waals surface area contributed by atoms with Crippen LogP contribution >= 0.6 is 15.9 Å². The molecule has 7 heteroatoms. The van der Waals surface area contributed by atoms with Gasteiger partial charge in [0.1, 0.15) is 12.4 Å². The summed E-state index contributed by atoms with van der Waals surface area (Å²) in [5.41, 5.74) is 2.84. The van der Waals surface area contributed by atoms with Crippen LogP contribution in [0.3, 0.4) is 0 Å². The number of amides is 1. The second-order valence-corrected chi connectivity index (χ2v) is 6.30. The number of hydrogen-bond donors (Lipinski definition) is 1. The van der Waals surface area contributed by atoms with E-state index in [4.69, 9.17) is 0 Å². The summed E-state index contributed by atoms with van der Waals surface area (Å²) >= 11 is 3.46. The predicted octanol–water partition coefficient (Wildman–Crippen LogP) is 3.17. The fourth-order valence-electron chi connectivity index (χ4n) is 2.40. The van der Waals surface area contributed by atoms with Crippen molar-refractivity contribution in [2.45, 2.75) is 19.4 Å². The molecule has 1 atom stereocenters.